The van der Waals surface area contributed by atoms with Crippen molar-refractivity contribution in [3.05, 3.63) is 64.2 Å². The smallest absolute Gasteiger partial charge is 0.338 e. The highest BCUT2D eigenvalue weighted by Gasteiger charge is 2.13. The molecule has 0 radical (unpaired) electrons. The molecule has 1 aromatic carbocycles. The van der Waals surface area contributed by atoms with E-state index in [0.717, 1.165) is 27.4 Å². The van der Waals surface area contributed by atoms with Gasteiger partial charge in [-0.3, -0.25) is 0 Å². The van der Waals surface area contributed by atoms with E-state index in [4.69, 9.17) is 10.2 Å². The summed E-state index contributed by atoms with van der Waals surface area (Å²) in [5, 5.41) is 3.35. The van der Waals surface area contributed by atoms with Crippen molar-refractivity contribution < 1.29 is 13.9 Å². The number of furan rings is 1. The highest BCUT2D eigenvalue weighted by Crippen LogP contribution is 2.22. The Kier molecular flexibility index (Phi) is 3.14. The lowest BCUT2D eigenvalue weighted by Gasteiger charge is -2.07. The summed E-state index contributed by atoms with van der Waals surface area (Å²) in [7, 11) is 1.39. The van der Waals surface area contributed by atoms with Gasteiger partial charge in [-0.25, -0.2) is 4.79 Å². The van der Waals surface area contributed by atoms with Gasteiger partial charge in [-0.15, -0.1) is 0 Å². The van der Waals surface area contributed by atoms with E-state index in [9.17, 15) is 4.79 Å². The summed E-state index contributed by atoms with van der Waals surface area (Å²) in [4.78, 5) is 10.8. The van der Waals surface area contributed by atoms with Crippen LogP contribution in [0.15, 0.2) is 47.1 Å². The van der Waals surface area contributed by atoms with Crippen molar-refractivity contribution in [3.63, 3.8) is 0 Å². The van der Waals surface area contributed by atoms with Crippen molar-refractivity contribution in [2.24, 2.45) is 0 Å². The Morgan fingerprint density at radius 1 is 1.19 bits per heavy atom. The predicted molar refractivity (Wildman–Crippen MR) is 80.8 cm³/mol. The molecule has 0 spiro atoms. The molecule has 1 heterocycles. The van der Waals surface area contributed by atoms with Gasteiger partial charge >= 0.3 is 5.97 Å². The number of nitrogens with two attached hydrogens (primary N) is 1. The number of fused-ring (bicyclic) bond motifs is 1. The molecule has 0 bridgehead atoms. The molecule has 0 saturated heterocycles. The van der Waals surface area contributed by atoms with Crippen LogP contribution < -0.4 is 5.73 Å². The molecule has 4 nitrogen and oxygen atoms in total. The Hall–Kier alpha value is -2.75. The predicted octanol–water partition coefficient (Wildman–Crippen LogP) is 3.40. The fourth-order valence-corrected chi connectivity index (χ4v) is 2.25. The number of rotatable bonds is 1. The zero-order valence-corrected chi connectivity index (χ0v) is 11.8. The first-order chi connectivity index (χ1) is 10.1. The number of carbonyl (C=O) groups excluding carboxylic acids is 1. The van der Waals surface area contributed by atoms with E-state index in [1.165, 1.54) is 12.3 Å². The summed E-state index contributed by atoms with van der Waals surface area (Å²) < 4.78 is 9.78. The van der Waals surface area contributed by atoms with Crippen molar-refractivity contribution in [1.82, 2.24) is 0 Å². The number of ether oxygens (including phenoxy) is 1. The molecule has 2 aliphatic rings. The zero-order chi connectivity index (χ0) is 15.0. The average Bonchev–Trinajstić information content (AvgIpc) is 2.82. The van der Waals surface area contributed by atoms with E-state index >= 15 is 0 Å². The van der Waals surface area contributed by atoms with Crippen molar-refractivity contribution in [2.75, 3.05) is 12.8 Å². The molecular formula is C17H15NO3. The van der Waals surface area contributed by atoms with E-state index in [0.29, 0.717) is 5.56 Å². The number of benzene rings is 2. The molecule has 0 aliphatic heterocycles. The third-order valence-corrected chi connectivity index (χ3v) is 3.53. The average molecular weight is 281 g/mol. The van der Waals surface area contributed by atoms with Crippen LogP contribution in [0.3, 0.4) is 0 Å². The summed E-state index contributed by atoms with van der Waals surface area (Å²) in [6.45, 7) is 2.02. The molecular weight excluding hydrogens is 266 g/mol. The molecule has 2 N–H and O–H groups in total. The topological polar surface area (TPSA) is 65.5 Å². The third kappa shape index (κ3) is 2.25. The van der Waals surface area contributed by atoms with E-state index in [2.05, 4.69) is 4.74 Å². The van der Waals surface area contributed by atoms with Crippen LogP contribution in [-0.4, -0.2) is 13.1 Å². The molecule has 0 fully saturated rings. The minimum Gasteiger partial charge on any atom is -0.465 e. The number of nitrogen functional groups attached to an aromatic ring is 1. The maximum absolute atomic E-state index is 10.8. The largest absolute Gasteiger partial charge is 0.465 e. The molecule has 4 rings (SSSR count). The van der Waals surface area contributed by atoms with Crippen LogP contribution in [0.1, 0.15) is 15.9 Å². The van der Waals surface area contributed by atoms with Gasteiger partial charge in [-0.05, 0) is 41.1 Å². The van der Waals surface area contributed by atoms with Crippen LogP contribution >= 0.6 is 0 Å². The first kappa shape index (κ1) is 13.2. The zero-order valence-electron chi connectivity index (χ0n) is 11.8. The maximum Gasteiger partial charge on any atom is 0.338 e. The molecule has 21 heavy (non-hydrogen) atoms. The van der Waals surface area contributed by atoms with Crippen LogP contribution in [-0.2, 0) is 4.74 Å². The lowest BCUT2D eigenvalue weighted by atomic mass is 9.99. The van der Waals surface area contributed by atoms with Crippen molar-refractivity contribution in [3.8, 4) is 0 Å². The summed E-state index contributed by atoms with van der Waals surface area (Å²) in [5.74, 6) is -0.233. The van der Waals surface area contributed by atoms with Crippen LogP contribution in [0.2, 0.25) is 0 Å². The van der Waals surface area contributed by atoms with Crippen LogP contribution in [0.25, 0.3) is 11.0 Å². The number of hydrogen-bond acceptors (Lipinski definition) is 4. The first-order valence-corrected chi connectivity index (χ1v) is 6.56. The van der Waals surface area contributed by atoms with Gasteiger partial charge in [0.1, 0.15) is 5.58 Å². The monoisotopic (exact) mass is 281 g/mol. The number of methoxy groups -OCH3 is 1. The summed E-state index contributed by atoms with van der Waals surface area (Å²) >= 11 is 0. The summed E-state index contributed by atoms with van der Waals surface area (Å²) in [6.07, 6.45) is 1.74. The quantitative estimate of drug-likeness (QED) is 0.429. The Labute approximate surface area is 121 Å². The standard InChI is InChI=1S/C9H9NO.C8H6O2/c1-6-5-11-9-4-7(10)2-3-8(6)9;1-10-8(9)7-4-5-2-3-6(5)7/h2-5H,10H2,1H3;2-4H,1H3. The normalized spacial score (nSPS) is 10.8. The number of esters is 1. The first-order valence-electron chi connectivity index (χ1n) is 6.56. The summed E-state index contributed by atoms with van der Waals surface area (Å²) in [5.41, 5.74) is 9.04. The van der Waals surface area contributed by atoms with Gasteiger partial charge in [0.05, 0.1) is 18.9 Å². The molecule has 106 valence electrons. The molecule has 4 heteroatoms. The molecule has 0 unspecified atom stereocenters. The fourth-order valence-electron chi connectivity index (χ4n) is 2.25. The highest BCUT2D eigenvalue weighted by molar-refractivity contribution is 5.91. The van der Waals surface area contributed by atoms with Crippen molar-refractivity contribution in [2.45, 2.75) is 6.92 Å². The number of hydrogen-bond donors (Lipinski definition) is 1. The van der Waals surface area contributed by atoms with Gasteiger partial charge in [-0.1, -0.05) is 12.1 Å². The van der Waals surface area contributed by atoms with Crippen LogP contribution in [0.5, 0.6) is 0 Å². The number of carbonyl (C=O) groups is 1. The molecule has 2 aliphatic carbocycles. The second kappa shape index (κ2) is 4.98. The van der Waals surface area contributed by atoms with Gasteiger partial charge in [0.25, 0.3) is 0 Å². The maximum atomic E-state index is 10.8. The molecule has 2 aromatic rings. The SMILES string of the molecule is COC(=O)c1cc2ccc1=2.Cc1coc2cc(N)ccc12. The summed E-state index contributed by atoms with van der Waals surface area (Å²) in [6, 6.07) is 11.4. The van der Waals surface area contributed by atoms with Gasteiger partial charge in [-0.2, -0.15) is 0 Å². The second-order valence-corrected chi connectivity index (χ2v) is 4.93. The van der Waals surface area contributed by atoms with Gasteiger partial charge in [0.2, 0.25) is 0 Å². The van der Waals surface area contributed by atoms with Gasteiger partial charge < -0.3 is 14.9 Å². The Bertz CT molecular complexity index is 925. The van der Waals surface area contributed by atoms with Crippen LogP contribution in [0.4, 0.5) is 5.69 Å². The van der Waals surface area contributed by atoms with Gasteiger partial charge in [0.15, 0.2) is 0 Å². The Balaban J connectivity index is 0.000000126. The molecule has 0 saturated carbocycles. The fraction of sp³-hybridized carbons (Fsp3) is 0.118. The number of aryl methyl sites for hydroxylation is 1. The Morgan fingerprint density at radius 3 is 2.57 bits per heavy atom. The second-order valence-electron chi connectivity index (χ2n) is 4.93. The minimum atomic E-state index is -0.233. The lowest BCUT2D eigenvalue weighted by Crippen LogP contribution is -2.07. The number of anilines is 1. The van der Waals surface area contributed by atoms with E-state index in [-0.39, 0.29) is 5.97 Å². The van der Waals surface area contributed by atoms with Crippen molar-refractivity contribution >= 4 is 22.6 Å². The third-order valence-electron chi connectivity index (χ3n) is 3.53. The van der Waals surface area contributed by atoms with E-state index < -0.39 is 0 Å². The van der Waals surface area contributed by atoms with Crippen molar-refractivity contribution in [1.29, 1.82) is 0 Å². The van der Waals surface area contributed by atoms with Crippen LogP contribution in [0, 0.1) is 17.4 Å². The van der Waals surface area contributed by atoms with Gasteiger partial charge in [0, 0.05) is 17.1 Å². The minimum absolute atomic E-state index is 0.233. The highest BCUT2D eigenvalue weighted by atomic mass is 16.5. The lowest BCUT2D eigenvalue weighted by molar-refractivity contribution is 0.0598. The molecule has 0 amide bonds. The molecule has 1 aromatic heterocycles. The Morgan fingerprint density at radius 2 is 2.00 bits per heavy atom. The van der Waals surface area contributed by atoms with E-state index in [1.54, 1.807) is 6.26 Å². The van der Waals surface area contributed by atoms with E-state index in [1.807, 2.05) is 43.3 Å². The molecule has 0 atom stereocenters.